The highest BCUT2D eigenvalue weighted by Crippen LogP contribution is 2.42. The van der Waals surface area contributed by atoms with E-state index in [0.29, 0.717) is 0 Å². The Labute approximate surface area is 171 Å². The Morgan fingerprint density at radius 2 is 1.76 bits per heavy atom. The van der Waals surface area contributed by atoms with Gasteiger partial charge in [-0.15, -0.1) is 0 Å². The Bertz CT molecular complexity index is 1000. The molecule has 0 fully saturated rings. The highest BCUT2D eigenvalue weighted by Gasteiger charge is 2.38. The van der Waals surface area contributed by atoms with Crippen molar-refractivity contribution < 1.29 is 14.3 Å². The van der Waals surface area contributed by atoms with Gasteiger partial charge in [0.15, 0.2) is 6.61 Å². The van der Waals surface area contributed by atoms with Crippen LogP contribution >= 0.6 is 0 Å². The third kappa shape index (κ3) is 3.93. The second-order valence-corrected chi connectivity index (χ2v) is 7.62. The number of rotatable bonds is 6. The summed E-state index contributed by atoms with van der Waals surface area (Å²) < 4.78 is 12.2. The summed E-state index contributed by atoms with van der Waals surface area (Å²) in [6.45, 7) is 4.26. The molecular formula is C25H27NO3. The molecule has 1 amide bonds. The molecule has 4 nitrogen and oxygen atoms in total. The van der Waals surface area contributed by atoms with Crippen molar-refractivity contribution in [2.45, 2.75) is 44.8 Å². The van der Waals surface area contributed by atoms with Crippen LogP contribution in [0, 0.1) is 0 Å². The lowest BCUT2D eigenvalue weighted by Crippen LogP contribution is -2.45. The van der Waals surface area contributed by atoms with Crippen molar-refractivity contribution >= 4 is 16.7 Å². The average Bonchev–Trinajstić information content (AvgIpc) is 2.77. The van der Waals surface area contributed by atoms with Gasteiger partial charge in [-0.25, -0.2) is 0 Å². The number of hydrogen-bond donors (Lipinski definition) is 1. The van der Waals surface area contributed by atoms with Gasteiger partial charge in [0, 0.05) is 17.4 Å². The molecule has 3 aromatic carbocycles. The lowest BCUT2D eigenvalue weighted by molar-refractivity contribution is -0.124. The van der Waals surface area contributed by atoms with Crippen LogP contribution in [0.4, 0.5) is 0 Å². The van der Waals surface area contributed by atoms with Crippen molar-refractivity contribution in [3.8, 4) is 11.5 Å². The van der Waals surface area contributed by atoms with E-state index in [1.165, 1.54) is 0 Å². The molecule has 1 aliphatic heterocycles. The van der Waals surface area contributed by atoms with E-state index in [0.717, 1.165) is 47.1 Å². The number of benzene rings is 3. The van der Waals surface area contributed by atoms with Crippen LogP contribution in [0.15, 0.2) is 66.7 Å². The van der Waals surface area contributed by atoms with E-state index in [2.05, 4.69) is 19.2 Å². The van der Waals surface area contributed by atoms with E-state index in [4.69, 9.17) is 9.47 Å². The van der Waals surface area contributed by atoms with E-state index in [9.17, 15) is 4.79 Å². The number of fused-ring (bicyclic) bond motifs is 2. The Morgan fingerprint density at radius 3 is 2.59 bits per heavy atom. The molecule has 1 atom stereocenters. The van der Waals surface area contributed by atoms with Gasteiger partial charge in [-0.05, 0) is 30.4 Å². The van der Waals surface area contributed by atoms with E-state index >= 15 is 0 Å². The van der Waals surface area contributed by atoms with Crippen molar-refractivity contribution in [2.75, 3.05) is 6.61 Å². The van der Waals surface area contributed by atoms with Crippen molar-refractivity contribution in [2.24, 2.45) is 0 Å². The SMILES string of the molecule is CCC1(CC)CC(NC(=O)COc2cccc3ccccc23)c2ccccc2O1. The van der Waals surface area contributed by atoms with Gasteiger partial charge >= 0.3 is 0 Å². The zero-order valence-electron chi connectivity index (χ0n) is 17.0. The fourth-order valence-electron chi connectivity index (χ4n) is 4.13. The minimum Gasteiger partial charge on any atom is -0.487 e. The van der Waals surface area contributed by atoms with Gasteiger partial charge in [0.05, 0.1) is 6.04 Å². The molecule has 0 bridgehead atoms. The summed E-state index contributed by atoms with van der Waals surface area (Å²) in [5.74, 6) is 1.46. The second kappa shape index (κ2) is 8.16. The maximum Gasteiger partial charge on any atom is 0.258 e. The molecule has 150 valence electrons. The predicted octanol–water partition coefficient (Wildman–Crippen LogP) is 5.42. The molecule has 3 aromatic rings. The summed E-state index contributed by atoms with van der Waals surface area (Å²) in [5, 5.41) is 5.28. The number of para-hydroxylation sites is 1. The molecule has 4 rings (SSSR count). The molecule has 0 spiro atoms. The first-order valence-corrected chi connectivity index (χ1v) is 10.3. The molecule has 0 aliphatic carbocycles. The van der Waals surface area contributed by atoms with Gasteiger partial charge in [0.1, 0.15) is 17.1 Å². The normalized spacial score (nSPS) is 17.2. The third-order valence-corrected chi connectivity index (χ3v) is 5.93. The topological polar surface area (TPSA) is 47.6 Å². The number of hydrogen-bond acceptors (Lipinski definition) is 3. The molecule has 1 aliphatic rings. The Kier molecular flexibility index (Phi) is 5.43. The van der Waals surface area contributed by atoms with Crippen LogP contribution < -0.4 is 14.8 Å². The molecule has 0 saturated heterocycles. The van der Waals surface area contributed by atoms with E-state index in [1.54, 1.807) is 0 Å². The fourth-order valence-corrected chi connectivity index (χ4v) is 4.13. The van der Waals surface area contributed by atoms with Crippen molar-refractivity contribution in [1.29, 1.82) is 0 Å². The molecule has 1 N–H and O–H groups in total. The highest BCUT2D eigenvalue weighted by atomic mass is 16.5. The monoisotopic (exact) mass is 389 g/mol. The maximum atomic E-state index is 12.7. The molecule has 0 saturated carbocycles. The number of carbonyl (C=O) groups excluding carboxylic acids is 1. The molecule has 0 aromatic heterocycles. The summed E-state index contributed by atoms with van der Waals surface area (Å²) in [5.41, 5.74) is 0.784. The first-order valence-electron chi connectivity index (χ1n) is 10.3. The lowest BCUT2D eigenvalue weighted by Gasteiger charge is -2.41. The van der Waals surface area contributed by atoms with Gasteiger partial charge in [0.2, 0.25) is 0 Å². The van der Waals surface area contributed by atoms with Crippen molar-refractivity contribution in [3.63, 3.8) is 0 Å². The van der Waals surface area contributed by atoms with Crippen molar-refractivity contribution in [3.05, 3.63) is 72.3 Å². The Hall–Kier alpha value is -3.01. The first-order chi connectivity index (χ1) is 14.1. The van der Waals surface area contributed by atoms with Crippen LogP contribution in [-0.4, -0.2) is 18.1 Å². The maximum absolute atomic E-state index is 12.7. The zero-order chi connectivity index (χ0) is 20.3. The third-order valence-electron chi connectivity index (χ3n) is 5.93. The summed E-state index contributed by atoms with van der Waals surface area (Å²) in [6.07, 6.45) is 2.56. The largest absolute Gasteiger partial charge is 0.487 e. The summed E-state index contributed by atoms with van der Waals surface area (Å²) >= 11 is 0. The predicted molar refractivity (Wildman–Crippen MR) is 115 cm³/mol. The summed E-state index contributed by atoms with van der Waals surface area (Å²) in [7, 11) is 0. The molecule has 4 heteroatoms. The molecule has 1 unspecified atom stereocenters. The average molecular weight is 389 g/mol. The van der Waals surface area contributed by atoms with Gasteiger partial charge < -0.3 is 14.8 Å². The minimum atomic E-state index is -0.247. The second-order valence-electron chi connectivity index (χ2n) is 7.62. The number of carbonyl (C=O) groups is 1. The number of nitrogens with one attached hydrogen (secondary N) is 1. The standard InChI is InChI=1S/C25H27NO3/c1-3-25(4-2)16-21(20-13-7-8-14-23(20)29-25)26-24(27)17-28-22-15-9-11-18-10-5-6-12-19(18)22/h5-15,21H,3-4,16-17H2,1-2H3,(H,26,27). The van der Waals surface area contributed by atoms with Gasteiger partial charge in [0.25, 0.3) is 5.91 Å². The van der Waals surface area contributed by atoms with Crippen LogP contribution in [0.2, 0.25) is 0 Å². The molecule has 0 radical (unpaired) electrons. The van der Waals surface area contributed by atoms with Crippen LogP contribution in [0.5, 0.6) is 11.5 Å². The molecule has 1 heterocycles. The van der Waals surface area contributed by atoms with Crippen LogP contribution in [-0.2, 0) is 4.79 Å². The number of amides is 1. The Balaban J connectivity index is 1.49. The highest BCUT2D eigenvalue weighted by molar-refractivity contribution is 5.88. The van der Waals surface area contributed by atoms with Crippen LogP contribution in [0.25, 0.3) is 10.8 Å². The van der Waals surface area contributed by atoms with E-state index in [1.807, 2.05) is 66.7 Å². The fraction of sp³-hybridized carbons (Fsp3) is 0.320. The van der Waals surface area contributed by atoms with E-state index in [-0.39, 0.29) is 24.2 Å². The summed E-state index contributed by atoms with van der Waals surface area (Å²) in [4.78, 5) is 12.7. The van der Waals surface area contributed by atoms with E-state index < -0.39 is 0 Å². The van der Waals surface area contributed by atoms with Gasteiger partial charge in [-0.2, -0.15) is 0 Å². The van der Waals surface area contributed by atoms with Crippen LogP contribution in [0.1, 0.15) is 44.7 Å². The lowest BCUT2D eigenvalue weighted by atomic mass is 9.83. The van der Waals surface area contributed by atoms with Gasteiger partial charge in [-0.1, -0.05) is 68.4 Å². The Morgan fingerprint density at radius 1 is 1.03 bits per heavy atom. The zero-order valence-corrected chi connectivity index (χ0v) is 17.0. The smallest absolute Gasteiger partial charge is 0.258 e. The summed E-state index contributed by atoms with van der Waals surface area (Å²) in [6, 6.07) is 21.8. The number of ether oxygens (including phenoxy) is 2. The van der Waals surface area contributed by atoms with Gasteiger partial charge in [-0.3, -0.25) is 4.79 Å². The van der Waals surface area contributed by atoms with Crippen LogP contribution in [0.3, 0.4) is 0 Å². The minimum absolute atomic E-state index is 0.0151. The molecular weight excluding hydrogens is 362 g/mol. The van der Waals surface area contributed by atoms with Crippen molar-refractivity contribution in [1.82, 2.24) is 5.32 Å². The quantitative estimate of drug-likeness (QED) is 0.612. The first kappa shape index (κ1) is 19.3. The molecule has 29 heavy (non-hydrogen) atoms.